The quantitative estimate of drug-likeness (QED) is 0.0702. The molecule has 0 aliphatic carbocycles. The third kappa shape index (κ3) is 11.3. The summed E-state index contributed by atoms with van der Waals surface area (Å²) in [5.41, 5.74) is 2.96. The van der Waals surface area contributed by atoms with Crippen LogP contribution in [0, 0.1) is 0 Å². The lowest BCUT2D eigenvalue weighted by atomic mass is 10.1. The van der Waals surface area contributed by atoms with Crippen molar-refractivity contribution in [1.29, 1.82) is 0 Å². The second kappa shape index (κ2) is 18.9. The first-order valence-corrected chi connectivity index (χ1v) is 16.2. The molecule has 1 aliphatic heterocycles. The van der Waals surface area contributed by atoms with Crippen molar-refractivity contribution in [2.24, 2.45) is 0 Å². The number of carbonyl (C=O) groups is 2. The first kappa shape index (κ1) is 34.0. The smallest absolute Gasteiger partial charge is 0.307 e. The standard InChI is InChI=1S/C33H47Cl2N3O4/c1-3-4-5-6-7-15-32(40)42-26-36(2)31-25-28(17-16-27(31)12-11-23-39)41-24-9-8-18-37-19-21-38(22-20-37)30-14-10-13-29(34)33(30)35/h10,13-14,16-17,23,25H,3-9,11-12,15,18-22,24,26H2,1-2H3. The summed E-state index contributed by atoms with van der Waals surface area (Å²) >= 11 is 12.6. The number of nitrogens with zero attached hydrogens (tertiary/aromatic N) is 3. The molecular formula is C33H47Cl2N3O4. The Labute approximate surface area is 262 Å². The Hall–Kier alpha value is -2.48. The van der Waals surface area contributed by atoms with Crippen LogP contribution < -0.4 is 14.5 Å². The van der Waals surface area contributed by atoms with Crippen LogP contribution in [-0.4, -0.2) is 70.3 Å². The number of halogens is 2. The van der Waals surface area contributed by atoms with Crippen molar-refractivity contribution in [2.75, 3.05) is 62.9 Å². The van der Waals surface area contributed by atoms with Crippen LogP contribution in [0.4, 0.5) is 11.4 Å². The summed E-state index contributed by atoms with van der Waals surface area (Å²) in [4.78, 5) is 29.9. The number of piperazine rings is 1. The largest absolute Gasteiger partial charge is 0.494 e. The Balaban J connectivity index is 1.40. The zero-order valence-corrected chi connectivity index (χ0v) is 26.8. The van der Waals surface area contributed by atoms with E-state index in [1.165, 1.54) is 12.8 Å². The predicted octanol–water partition coefficient (Wildman–Crippen LogP) is 7.40. The van der Waals surface area contributed by atoms with Crippen LogP contribution in [0.2, 0.25) is 10.0 Å². The highest BCUT2D eigenvalue weighted by Gasteiger charge is 2.19. The van der Waals surface area contributed by atoms with E-state index in [9.17, 15) is 9.59 Å². The van der Waals surface area contributed by atoms with Crippen LogP contribution in [-0.2, 0) is 20.7 Å². The summed E-state index contributed by atoms with van der Waals surface area (Å²) < 4.78 is 11.6. The zero-order chi connectivity index (χ0) is 30.2. The maximum absolute atomic E-state index is 12.2. The molecular weight excluding hydrogens is 573 g/mol. The van der Waals surface area contributed by atoms with Crippen molar-refractivity contribution in [3.05, 3.63) is 52.0 Å². The van der Waals surface area contributed by atoms with E-state index in [1.807, 2.05) is 48.3 Å². The number of carbonyl (C=O) groups excluding carboxylic acids is 2. The van der Waals surface area contributed by atoms with Crippen molar-refractivity contribution in [3.63, 3.8) is 0 Å². The maximum Gasteiger partial charge on any atom is 0.307 e. The van der Waals surface area contributed by atoms with Crippen molar-refractivity contribution in [2.45, 2.75) is 71.1 Å². The van der Waals surface area contributed by atoms with Crippen molar-refractivity contribution >= 4 is 46.8 Å². The van der Waals surface area contributed by atoms with Crippen LogP contribution in [0.15, 0.2) is 36.4 Å². The van der Waals surface area contributed by atoms with E-state index in [2.05, 4.69) is 16.7 Å². The Kier molecular flexibility index (Phi) is 15.3. The summed E-state index contributed by atoms with van der Waals surface area (Å²) in [5.74, 6) is 0.607. The molecule has 3 rings (SSSR count). The number of aryl methyl sites for hydroxylation is 1. The minimum atomic E-state index is -0.171. The zero-order valence-electron chi connectivity index (χ0n) is 25.3. The molecule has 1 saturated heterocycles. The number of aldehydes is 1. The van der Waals surface area contributed by atoms with Gasteiger partial charge in [-0.05, 0) is 56.0 Å². The lowest BCUT2D eigenvalue weighted by Crippen LogP contribution is -2.46. The first-order valence-electron chi connectivity index (χ1n) is 15.4. The van der Waals surface area contributed by atoms with Gasteiger partial charge in [-0.1, -0.05) is 67.9 Å². The number of anilines is 2. The average molecular weight is 621 g/mol. The monoisotopic (exact) mass is 619 g/mol. The molecule has 2 aromatic carbocycles. The normalized spacial score (nSPS) is 13.7. The highest BCUT2D eigenvalue weighted by molar-refractivity contribution is 6.43. The Morgan fingerprint density at radius 2 is 1.79 bits per heavy atom. The van der Waals surface area contributed by atoms with Gasteiger partial charge in [0.2, 0.25) is 0 Å². The van der Waals surface area contributed by atoms with Crippen LogP contribution in [0.3, 0.4) is 0 Å². The molecule has 0 amide bonds. The van der Waals surface area contributed by atoms with Crippen molar-refractivity contribution < 1.29 is 19.1 Å². The molecule has 232 valence electrons. The predicted molar refractivity (Wildman–Crippen MR) is 173 cm³/mol. The van der Waals surface area contributed by atoms with Crippen molar-refractivity contribution in [1.82, 2.24) is 4.90 Å². The van der Waals surface area contributed by atoms with Crippen LogP contribution in [0.1, 0.15) is 70.3 Å². The average Bonchev–Trinajstić information content (AvgIpc) is 3.00. The number of esters is 1. The molecule has 0 aromatic heterocycles. The minimum Gasteiger partial charge on any atom is -0.494 e. The molecule has 0 saturated carbocycles. The van der Waals surface area contributed by atoms with Crippen LogP contribution in [0.5, 0.6) is 5.75 Å². The van der Waals surface area contributed by atoms with Gasteiger partial charge >= 0.3 is 5.97 Å². The molecule has 1 fully saturated rings. The van der Waals surface area contributed by atoms with Crippen LogP contribution in [0.25, 0.3) is 0 Å². The summed E-state index contributed by atoms with van der Waals surface area (Å²) in [5, 5.41) is 1.22. The molecule has 0 radical (unpaired) electrons. The van der Waals surface area contributed by atoms with Crippen molar-refractivity contribution in [3.8, 4) is 5.75 Å². The lowest BCUT2D eigenvalue weighted by Gasteiger charge is -2.36. The molecule has 1 aliphatic rings. The van der Waals surface area contributed by atoms with E-state index in [-0.39, 0.29) is 12.7 Å². The van der Waals surface area contributed by atoms with E-state index in [0.717, 1.165) is 93.8 Å². The maximum atomic E-state index is 12.2. The molecule has 7 nitrogen and oxygen atoms in total. The number of unbranched alkanes of at least 4 members (excludes halogenated alkanes) is 5. The molecule has 42 heavy (non-hydrogen) atoms. The van der Waals surface area contributed by atoms with Gasteiger partial charge in [-0.2, -0.15) is 0 Å². The highest BCUT2D eigenvalue weighted by atomic mass is 35.5. The Morgan fingerprint density at radius 3 is 2.55 bits per heavy atom. The number of hydrogen-bond acceptors (Lipinski definition) is 7. The van der Waals surface area contributed by atoms with Gasteiger partial charge in [0.25, 0.3) is 0 Å². The first-order chi connectivity index (χ1) is 20.4. The molecule has 0 bridgehead atoms. The SMILES string of the molecule is CCCCCCCC(=O)OCN(C)c1cc(OCCCCN2CCN(c3cccc(Cl)c3Cl)CC2)ccc1CCC=O. The highest BCUT2D eigenvalue weighted by Crippen LogP contribution is 2.33. The molecule has 9 heteroatoms. The molecule has 0 atom stereocenters. The number of rotatable bonds is 19. The summed E-state index contributed by atoms with van der Waals surface area (Å²) in [6, 6.07) is 11.7. The fraction of sp³-hybridized carbons (Fsp3) is 0.576. The minimum absolute atomic E-state index is 0.169. The second-order valence-electron chi connectivity index (χ2n) is 11.0. The van der Waals surface area contributed by atoms with Gasteiger partial charge < -0.3 is 24.1 Å². The van der Waals surface area contributed by atoms with Gasteiger partial charge in [-0.25, -0.2) is 0 Å². The molecule has 2 aromatic rings. The molecule has 0 N–H and O–H groups in total. The van der Waals surface area contributed by atoms with Gasteiger partial charge in [0.15, 0.2) is 6.73 Å². The van der Waals surface area contributed by atoms with Gasteiger partial charge in [-0.3, -0.25) is 9.69 Å². The fourth-order valence-electron chi connectivity index (χ4n) is 5.17. The van der Waals surface area contributed by atoms with E-state index in [1.54, 1.807) is 0 Å². The summed E-state index contributed by atoms with van der Waals surface area (Å²) in [6.07, 6.45) is 9.94. The van der Waals surface area contributed by atoms with E-state index in [4.69, 9.17) is 32.7 Å². The Bertz CT molecular complexity index is 1110. The second-order valence-corrected chi connectivity index (χ2v) is 11.7. The number of benzene rings is 2. The van der Waals surface area contributed by atoms with Crippen LogP contribution >= 0.6 is 23.2 Å². The Morgan fingerprint density at radius 1 is 1.00 bits per heavy atom. The third-order valence-electron chi connectivity index (χ3n) is 7.68. The summed E-state index contributed by atoms with van der Waals surface area (Å²) in [7, 11) is 1.90. The lowest BCUT2D eigenvalue weighted by molar-refractivity contribution is -0.143. The van der Waals surface area contributed by atoms with Gasteiger partial charge in [0.1, 0.15) is 12.0 Å². The van der Waals surface area contributed by atoms with Gasteiger partial charge in [-0.15, -0.1) is 0 Å². The van der Waals surface area contributed by atoms with E-state index < -0.39 is 0 Å². The van der Waals surface area contributed by atoms with Gasteiger partial charge in [0.05, 0.1) is 22.3 Å². The van der Waals surface area contributed by atoms with E-state index in [0.29, 0.717) is 35.9 Å². The fourth-order valence-corrected chi connectivity index (χ4v) is 5.59. The van der Waals surface area contributed by atoms with Gasteiger partial charge in [0, 0.05) is 57.8 Å². The van der Waals surface area contributed by atoms with E-state index >= 15 is 0 Å². The third-order valence-corrected chi connectivity index (χ3v) is 8.49. The number of ether oxygens (including phenoxy) is 2. The molecule has 1 heterocycles. The molecule has 0 unspecified atom stereocenters. The molecule has 0 spiro atoms. The topological polar surface area (TPSA) is 62.3 Å². The number of hydrogen-bond donors (Lipinski definition) is 0. The summed E-state index contributed by atoms with van der Waals surface area (Å²) in [6.45, 7) is 7.84.